The number of benzene rings is 1. The van der Waals surface area contributed by atoms with Crippen LogP contribution in [0, 0.1) is 11.8 Å². The molecule has 2 atom stereocenters. The van der Waals surface area contributed by atoms with E-state index in [0.717, 1.165) is 36.4 Å². The van der Waals surface area contributed by atoms with E-state index in [1.54, 1.807) is 0 Å². The fourth-order valence-corrected chi connectivity index (χ4v) is 3.41. The summed E-state index contributed by atoms with van der Waals surface area (Å²) in [6.07, 6.45) is 4.32. The van der Waals surface area contributed by atoms with E-state index < -0.39 is 0 Å². The standard InChI is InChI=1S/C15H22N2O/c16-14-6-1-2-7-15(14)18-9-8-17-10-12-4-3-5-13(12)11-17/h1-2,6-7,12-13H,3-5,8-11,16H2. The highest BCUT2D eigenvalue weighted by Crippen LogP contribution is 2.37. The molecule has 0 bridgehead atoms. The number of hydrogen-bond donors (Lipinski definition) is 1. The van der Waals surface area contributed by atoms with Crippen LogP contribution in [0.5, 0.6) is 5.75 Å². The molecule has 0 amide bonds. The number of rotatable bonds is 4. The molecule has 1 heterocycles. The van der Waals surface area contributed by atoms with Crippen LogP contribution >= 0.6 is 0 Å². The van der Waals surface area contributed by atoms with E-state index in [9.17, 15) is 0 Å². The lowest BCUT2D eigenvalue weighted by molar-refractivity contribution is 0.228. The quantitative estimate of drug-likeness (QED) is 0.829. The molecule has 0 radical (unpaired) electrons. The van der Waals surface area contributed by atoms with Crippen molar-refractivity contribution in [1.29, 1.82) is 0 Å². The number of ether oxygens (including phenoxy) is 1. The molecule has 1 saturated carbocycles. The summed E-state index contributed by atoms with van der Waals surface area (Å²) < 4.78 is 5.75. The fourth-order valence-electron chi connectivity index (χ4n) is 3.41. The van der Waals surface area contributed by atoms with Gasteiger partial charge in [0.1, 0.15) is 12.4 Å². The zero-order valence-corrected chi connectivity index (χ0v) is 10.8. The zero-order chi connectivity index (χ0) is 12.4. The Kier molecular flexibility index (Phi) is 3.41. The normalized spacial score (nSPS) is 27.3. The number of likely N-dealkylation sites (tertiary alicyclic amines) is 1. The Morgan fingerprint density at radius 2 is 1.89 bits per heavy atom. The van der Waals surface area contributed by atoms with Crippen LogP contribution in [-0.2, 0) is 0 Å². The van der Waals surface area contributed by atoms with Gasteiger partial charge in [0.25, 0.3) is 0 Å². The minimum Gasteiger partial charge on any atom is -0.490 e. The number of anilines is 1. The summed E-state index contributed by atoms with van der Waals surface area (Å²) >= 11 is 0. The third-order valence-corrected chi connectivity index (χ3v) is 4.39. The second-order valence-electron chi connectivity index (χ2n) is 5.60. The average Bonchev–Trinajstić information content (AvgIpc) is 2.92. The molecule has 3 nitrogen and oxygen atoms in total. The molecule has 0 spiro atoms. The van der Waals surface area contributed by atoms with Crippen LogP contribution in [0.15, 0.2) is 24.3 Å². The Bertz CT molecular complexity index is 395. The van der Waals surface area contributed by atoms with E-state index in [1.807, 2.05) is 24.3 Å². The summed E-state index contributed by atoms with van der Waals surface area (Å²) in [7, 11) is 0. The Morgan fingerprint density at radius 3 is 2.61 bits per heavy atom. The molecular weight excluding hydrogens is 224 g/mol. The molecule has 3 heteroatoms. The number of fused-ring (bicyclic) bond motifs is 1. The number of nitrogens with two attached hydrogens (primary N) is 1. The van der Waals surface area contributed by atoms with Crippen molar-refractivity contribution >= 4 is 5.69 Å². The number of nitrogen functional groups attached to an aromatic ring is 1. The topological polar surface area (TPSA) is 38.5 Å². The largest absolute Gasteiger partial charge is 0.490 e. The van der Waals surface area contributed by atoms with Crippen LogP contribution < -0.4 is 10.5 Å². The van der Waals surface area contributed by atoms with Gasteiger partial charge in [-0.05, 0) is 36.8 Å². The van der Waals surface area contributed by atoms with Crippen LogP contribution in [0.2, 0.25) is 0 Å². The predicted molar refractivity (Wildman–Crippen MR) is 73.6 cm³/mol. The summed E-state index contributed by atoms with van der Waals surface area (Å²) in [6, 6.07) is 7.72. The third kappa shape index (κ3) is 2.46. The zero-order valence-electron chi connectivity index (χ0n) is 10.8. The van der Waals surface area contributed by atoms with Gasteiger partial charge in [-0.1, -0.05) is 18.6 Å². The smallest absolute Gasteiger partial charge is 0.142 e. The molecule has 2 unspecified atom stereocenters. The second kappa shape index (κ2) is 5.19. The maximum Gasteiger partial charge on any atom is 0.142 e. The molecule has 98 valence electrons. The van der Waals surface area contributed by atoms with Crippen molar-refractivity contribution in [2.24, 2.45) is 11.8 Å². The van der Waals surface area contributed by atoms with Gasteiger partial charge in [0.05, 0.1) is 5.69 Å². The summed E-state index contributed by atoms with van der Waals surface area (Å²) in [5, 5.41) is 0. The highest BCUT2D eigenvalue weighted by Gasteiger charge is 2.35. The molecule has 3 rings (SSSR count). The van der Waals surface area contributed by atoms with Crippen LogP contribution in [0.25, 0.3) is 0 Å². The molecule has 2 fully saturated rings. The van der Waals surface area contributed by atoms with Gasteiger partial charge in [0.15, 0.2) is 0 Å². The van der Waals surface area contributed by atoms with E-state index in [0.29, 0.717) is 0 Å². The van der Waals surface area contributed by atoms with E-state index in [2.05, 4.69) is 4.90 Å². The predicted octanol–water partition coefficient (Wildman–Crippen LogP) is 2.38. The molecule has 2 aliphatic rings. The van der Waals surface area contributed by atoms with Gasteiger partial charge in [-0.15, -0.1) is 0 Å². The van der Waals surface area contributed by atoms with Gasteiger partial charge < -0.3 is 10.5 Å². The summed E-state index contributed by atoms with van der Waals surface area (Å²) in [6.45, 7) is 4.32. The maximum absolute atomic E-state index is 5.85. The Labute approximate surface area is 109 Å². The molecule has 1 aliphatic carbocycles. The van der Waals surface area contributed by atoms with Gasteiger partial charge in [-0.25, -0.2) is 0 Å². The van der Waals surface area contributed by atoms with Crippen molar-refractivity contribution in [3.8, 4) is 5.75 Å². The Hall–Kier alpha value is -1.22. The van der Waals surface area contributed by atoms with Gasteiger partial charge in [-0.3, -0.25) is 4.90 Å². The minimum atomic E-state index is 0.732. The molecule has 0 aromatic heterocycles. The fraction of sp³-hybridized carbons (Fsp3) is 0.600. The van der Waals surface area contributed by atoms with Gasteiger partial charge in [0.2, 0.25) is 0 Å². The maximum atomic E-state index is 5.85. The first-order valence-electron chi connectivity index (χ1n) is 7.02. The van der Waals surface area contributed by atoms with Crippen LogP contribution in [0.1, 0.15) is 19.3 Å². The van der Waals surface area contributed by atoms with E-state index in [1.165, 1.54) is 32.4 Å². The first-order valence-corrected chi connectivity index (χ1v) is 7.02. The van der Waals surface area contributed by atoms with Crippen molar-refractivity contribution in [2.45, 2.75) is 19.3 Å². The second-order valence-corrected chi connectivity index (χ2v) is 5.60. The molecule has 1 saturated heterocycles. The highest BCUT2D eigenvalue weighted by molar-refractivity contribution is 5.51. The first-order chi connectivity index (χ1) is 8.83. The molecule has 1 aromatic carbocycles. The highest BCUT2D eigenvalue weighted by atomic mass is 16.5. The lowest BCUT2D eigenvalue weighted by atomic mass is 10.0. The molecule has 2 N–H and O–H groups in total. The SMILES string of the molecule is Nc1ccccc1OCCN1CC2CCCC2C1. The average molecular weight is 246 g/mol. The van der Waals surface area contributed by atoms with E-state index in [-0.39, 0.29) is 0 Å². The van der Waals surface area contributed by atoms with Gasteiger partial charge >= 0.3 is 0 Å². The Morgan fingerprint density at radius 1 is 1.17 bits per heavy atom. The van der Waals surface area contributed by atoms with E-state index in [4.69, 9.17) is 10.5 Å². The third-order valence-electron chi connectivity index (χ3n) is 4.39. The lowest BCUT2D eigenvalue weighted by Crippen LogP contribution is -2.27. The van der Waals surface area contributed by atoms with Crippen molar-refractivity contribution < 1.29 is 4.74 Å². The van der Waals surface area contributed by atoms with E-state index >= 15 is 0 Å². The van der Waals surface area contributed by atoms with Crippen molar-refractivity contribution in [3.05, 3.63) is 24.3 Å². The Balaban J connectivity index is 1.44. The minimum absolute atomic E-state index is 0.732. The van der Waals surface area contributed by atoms with Crippen molar-refractivity contribution in [3.63, 3.8) is 0 Å². The van der Waals surface area contributed by atoms with Crippen molar-refractivity contribution in [2.75, 3.05) is 32.0 Å². The van der Waals surface area contributed by atoms with Crippen LogP contribution in [-0.4, -0.2) is 31.1 Å². The molecular formula is C15H22N2O. The number of para-hydroxylation sites is 2. The summed E-state index contributed by atoms with van der Waals surface area (Å²) in [5.74, 6) is 2.75. The first kappa shape index (κ1) is 11.8. The summed E-state index contributed by atoms with van der Waals surface area (Å²) in [5.41, 5.74) is 6.58. The summed E-state index contributed by atoms with van der Waals surface area (Å²) in [4.78, 5) is 2.55. The molecule has 1 aromatic rings. The van der Waals surface area contributed by atoms with Crippen molar-refractivity contribution in [1.82, 2.24) is 4.90 Å². The van der Waals surface area contributed by atoms with Gasteiger partial charge in [0, 0.05) is 19.6 Å². The van der Waals surface area contributed by atoms with Crippen LogP contribution in [0.3, 0.4) is 0 Å². The monoisotopic (exact) mass is 246 g/mol. The van der Waals surface area contributed by atoms with Crippen LogP contribution in [0.4, 0.5) is 5.69 Å². The lowest BCUT2D eigenvalue weighted by Gasteiger charge is -2.17. The van der Waals surface area contributed by atoms with Gasteiger partial charge in [-0.2, -0.15) is 0 Å². The molecule has 18 heavy (non-hydrogen) atoms. The number of nitrogens with zero attached hydrogens (tertiary/aromatic N) is 1. The number of hydrogen-bond acceptors (Lipinski definition) is 3. The molecule has 1 aliphatic heterocycles.